The molecule has 0 N–H and O–H groups in total. The number of carbonyl (C=O) groups excluding carboxylic acids is 1. The fourth-order valence-corrected chi connectivity index (χ4v) is 0.608. The fourth-order valence-electron chi connectivity index (χ4n) is 0.497. The summed E-state index contributed by atoms with van der Waals surface area (Å²) in [6.07, 6.45) is 1.15. The Bertz CT molecular complexity index is 249. The van der Waals surface area contributed by atoms with Gasteiger partial charge in [-0.1, -0.05) is 11.6 Å². The Hall–Kier alpha value is 0.715. The Morgan fingerprint density at radius 3 is 2.55 bits per heavy atom. The molecule has 0 bridgehead atoms. The third-order valence-electron chi connectivity index (χ3n) is 0.963. The summed E-state index contributed by atoms with van der Waals surface area (Å²) in [5, 5.41) is 10.4. The van der Waals surface area contributed by atoms with Crippen molar-refractivity contribution in [1.29, 1.82) is 0 Å². The monoisotopic (exact) mass is 241 g/mol. The van der Waals surface area contributed by atoms with Gasteiger partial charge in [0.1, 0.15) is 5.15 Å². The second-order valence-electron chi connectivity index (χ2n) is 1.66. The van der Waals surface area contributed by atoms with Gasteiger partial charge in [-0.3, -0.25) is 0 Å². The van der Waals surface area contributed by atoms with Crippen molar-refractivity contribution in [1.82, 2.24) is 4.98 Å². The van der Waals surface area contributed by atoms with Crippen molar-refractivity contribution in [2.24, 2.45) is 0 Å². The SMILES string of the molecule is O=C([O-])c1ccc(Cl)nc1.[Rb+]. The van der Waals surface area contributed by atoms with Gasteiger partial charge in [0.15, 0.2) is 0 Å². The molecule has 0 aliphatic heterocycles. The van der Waals surface area contributed by atoms with Crippen LogP contribution in [0.2, 0.25) is 5.15 Å². The van der Waals surface area contributed by atoms with Crippen LogP contribution in [0.15, 0.2) is 18.3 Å². The van der Waals surface area contributed by atoms with Crippen molar-refractivity contribution in [3.8, 4) is 0 Å². The number of aromatic nitrogens is 1. The van der Waals surface area contributed by atoms with Crippen LogP contribution in [0.25, 0.3) is 0 Å². The number of rotatable bonds is 1. The molecule has 3 nitrogen and oxygen atoms in total. The minimum absolute atomic E-state index is 0. The van der Waals surface area contributed by atoms with Gasteiger partial charge in [0.05, 0.1) is 5.97 Å². The average Bonchev–Trinajstić information content (AvgIpc) is 1.88. The first-order valence-electron chi connectivity index (χ1n) is 2.53. The Morgan fingerprint density at radius 1 is 1.55 bits per heavy atom. The number of pyridine rings is 1. The molecule has 1 heterocycles. The van der Waals surface area contributed by atoms with Crippen LogP contribution in [0.4, 0.5) is 0 Å². The zero-order valence-corrected chi connectivity index (χ0v) is 11.5. The van der Waals surface area contributed by atoms with Crippen LogP contribution >= 0.6 is 11.6 Å². The Labute approximate surface area is 118 Å². The average molecular weight is 242 g/mol. The predicted molar refractivity (Wildman–Crippen MR) is 33.6 cm³/mol. The molecule has 5 heteroatoms. The van der Waals surface area contributed by atoms with E-state index in [9.17, 15) is 9.90 Å². The summed E-state index contributed by atoms with van der Waals surface area (Å²) in [5.74, 6) is -1.25. The van der Waals surface area contributed by atoms with Gasteiger partial charge < -0.3 is 9.90 Å². The van der Waals surface area contributed by atoms with E-state index in [1.165, 1.54) is 12.1 Å². The summed E-state index contributed by atoms with van der Waals surface area (Å²) >= 11 is 5.39. The van der Waals surface area contributed by atoms with Crippen LogP contribution in [0.5, 0.6) is 0 Å². The van der Waals surface area contributed by atoms with E-state index in [0.29, 0.717) is 0 Å². The maximum Gasteiger partial charge on any atom is 1.00 e. The van der Waals surface area contributed by atoms with Crippen molar-refractivity contribution < 1.29 is 68.1 Å². The minimum Gasteiger partial charge on any atom is -0.545 e. The molecule has 1 aromatic rings. The van der Waals surface area contributed by atoms with Crippen LogP contribution in [0.3, 0.4) is 0 Å². The molecule has 0 atom stereocenters. The normalized spacial score (nSPS) is 8.45. The number of hydrogen-bond donors (Lipinski definition) is 0. The summed E-state index contributed by atoms with van der Waals surface area (Å²) in [7, 11) is 0. The molecule has 0 unspecified atom stereocenters. The van der Waals surface area contributed by atoms with Gasteiger partial charge in [-0.2, -0.15) is 0 Å². The minimum atomic E-state index is -1.25. The van der Waals surface area contributed by atoms with Crippen molar-refractivity contribution in [2.75, 3.05) is 0 Å². The molecule has 0 aromatic carbocycles. The van der Waals surface area contributed by atoms with E-state index in [1.54, 1.807) is 0 Å². The molecule has 0 aliphatic rings. The Morgan fingerprint density at radius 2 is 2.18 bits per heavy atom. The van der Waals surface area contributed by atoms with E-state index >= 15 is 0 Å². The van der Waals surface area contributed by atoms with E-state index in [2.05, 4.69) is 4.98 Å². The first-order valence-corrected chi connectivity index (χ1v) is 2.91. The summed E-state index contributed by atoms with van der Waals surface area (Å²) in [4.78, 5) is 13.7. The van der Waals surface area contributed by atoms with Gasteiger partial charge in [0, 0.05) is 11.8 Å². The van der Waals surface area contributed by atoms with E-state index in [1.807, 2.05) is 0 Å². The number of carbonyl (C=O) groups is 1. The van der Waals surface area contributed by atoms with E-state index in [4.69, 9.17) is 11.6 Å². The summed E-state index contributed by atoms with van der Waals surface area (Å²) in [5.41, 5.74) is 0.0319. The van der Waals surface area contributed by atoms with Crippen LogP contribution < -0.4 is 63.3 Å². The first-order chi connectivity index (χ1) is 4.70. The largest absolute Gasteiger partial charge is 1.00 e. The van der Waals surface area contributed by atoms with Crippen molar-refractivity contribution in [2.45, 2.75) is 0 Å². The molecule has 0 amide bonds. The molecule has 52 valence electrons. The van der Waals surface area contributed by atoms with Crippen LogP contribution in [0, 0.1) is 0 Å². The third-order valence-corrected chi connectivity index (χ3v) is 1.19. The van der Waals surface area contributed by atoms with Gasteiger partial charge in [0.25, 0.3) is 0 Å². The van der Waals surface area contributed by atoms with Crippen molar-refractivity contribution in [3.05, 3.63) is 29.0 Å². The van der Waals surface area contributed by atoms with Crippen molar-refractivity contribution >= 4 is 17.6 Å². The molecule has 0 spiro atoms. The predicted octanol–water partition coefficient (Wildman–Crippen LogP) is -2.90. The Balaban J connectivity index is 0.000001000. The maximum absolute atomic E-state index is 10.1. The molecule has 0 fully saturated rings. The molecule has 11 heavy (non-hydrogen) atoms. The second kappa shape index (κ2) is 5.38. The smallest absolute Gasteiger partial charge is 0.545 e. The molecule has 0 radical (unpaired) electrons. The van der Waals surface area contributed by atoms with Gasteiger partial charge in [0.2, 0.25) is 0 Å². The number of nitrogens with zero attached hydrogens (tertiary/aromatic N) is 1. The Kier molecular flexibility index (Phi) is 5.73. The van der Waals surface area contributed by atoms with E-state index in [-0.39, 0.29) is 68.9 Å². The second-order valence-corrected chi connectivity index (χ2v) is 2.04. The van der Waals surface area contributed by atoms with Gasteiger partial charge in [-0.25, -0.2) is 4.98 Å². The van der Waals surface area contributed by atoms with Gasteiger partial charge in [-0.15, -0.1) is 0 Å². The van der Waals surface area contributed by atoms with E-state index < -0.39 is 5.97 Å². The molecular formula is C6H3ClNO2Rb. The van der Waals surface area contributed by atoms with Gasteiger partial charge >= 0.3 is 58.2 Å². The quantitative estimate of drug-likeness (QED) is 0.496. The number of aromatic carboxylic acids is 1. The first kappa shape index (κ1) is 11.7. The molecule has 0 aliphatic carbocycles. The number of hydrogen-bond acceptors (Lipinski definition) is 3. The molecular weight excluding hydrogens is 239 g/mol. The molecule has 0 saturated carbocycles. The van der Waals surface area contributed by atoms with Crippen LogP contribution in [-0.2, 0) is 0 Å². The summed E-state index contributed by atoms with van der Waals surface area (Å²) < 4.78 is 0. The molecule has 0 saturated heterocycles. The van der Waals surface area contributed by atoms with Crippen molar-refractivity contribution in [3.63, 3.8) is 0 Å². The molecule has 1 aromatic heterocycles. The number of carboxylic acids is 1. The van der Waals surface area contributed by atoms with Crippen LogP contribution in [0.1, 0.15) is 10.4 Å². The molecule has 1 rings (SSSR count). The third kappa shape index (κ3) is 3.76. The van der Waals surface area contributed by atoms with E-state index in [0.717, 1.165) is 6.20 Å². The standard InChI is InChI=1S/C6H4ClNO2.Rb/c7-5-2-1-4(3-8-5)6(9)10;/h1-3H,(H,9,10);/q;+1/p-1. The topological polar surface area (TPSA) is 53.0 Å². The summed E-state index contributed by atoms with van der Waals surface area (Å²) in [6.45, 7) is 0. The number of halogens is 1. The fraction of sp³-hybridized carbons (Fsp3) is 0. The van der Waals surface area contributed by atoms with Crippen LogP contribution in [-0.4, -0.2) is 11.0 Å². The van der Waals surface area contributed by atoms with Gasteiger partial charge in [-0.05, 0) is 12.1 Å². The number of carboxylic acid groups (broad SMARTS) is 1. The summed E-state index contributed by atoms with van der Waals surface area (Å²) in [6, 6.07) is 2.73. The zero-order valence-electron chi connectivity index (χ0n) is 5.87. The zero-order chi connectivity index (χ0) is 7.56. The maximum atomic E-state index is 10.1.